The number of nitrogens with one attached hydrogen (secondary N) is 1. The summed E-state index contributed by atoms with van der Waals surface area (Å²) in [4.78, 5) is 28.5. The van der Waals surface area contributed by atoms with Gasteiger partial charge in [0.1, 0.15) is 6.10 Å². The first-order chi connectivity index (χ1) is 12.7. The van der Waals surface area contributed by atoms with E-state index in [1.54, 1.807) is 16.7 Å². The van der Waals surface area contributed by atoms with Crippen LogP contribution in [0.3, 0.4) is 0 Å². The molecule has 3 rings (SSSR count). The number of hydrogen-bond acceptors (Lipinski definition) is 4. The summed E-state index contributed by atoms with van der Waals surface area (Å²) in [7, 11) is 0. The van der Waals surface area contributed by atoms with Crippen LogP contribution in [0.5, 0.6) is 0 Å². The Kier molecular flexibility index (Phi) is 6.30. The summed E-state index contributed by atoms with van der Waals surface area (Å²) in [6.07, 6.45) is -0.669. The number of para-hydroxylation sites is 1. The van der Waals surface area contributed by atoms with Gasteiger partial charge in [-0.05, 0) is 31.2 Å². The van der Waals surface area contributed by atoms with E-state index in [4.69, 9.17) is 4.74 Å². The summed E-state index contributed by atoms with van der Waals surface area (Å²) >= 11 is 1.59. The average molecular weight is 370 g/mol. The first kappa shape index (κ1) is 18.5. The maximum atomic E-state index is 12.5. The fourth-order valence-electron chi connectivity index (χ4n) is 2.79. The molecule has 0 spiro atoms. The lowest BCUT2D eigenvalue weighted by Gasteiger charge is -2.31. The van der Waals surface area contributed by atoms with E-state index >= 15 is 0 Å². The molecule has 5 nitrogen and oxygen atoms in total. The van der Waals surface area contributed by atoms with Crippen molar-refractivity contribution in [1.82, 2.24) is 4.90 Å². The van der Waals surface area contributed by atoms with E-state index in [-0.39, 0.29) is 18.2 Å². The van der Waals surface area contributed by atoms with Crippen molar-refractivity contribution in [3.8, 4) is 0 Å². The molecule has 1 atom stereocenters. The predicted octanol–water partition coefficient (Wildman–Crippen LogP) is 3.41. The van der Waals surface area contributed by atoms with Gasteiger partial charge < -0.3 is 15.0 Å². The van der Waals surface area contributed by atoms with Crippen molar-refractivity contribution in [1.29, 1.82) is 0 Å². The summed E-state index contributed by atoms with van der Waals surface area (Å²) in [6, 6.07) is 17.6. The standard InChI is InChI=1S/C20H22N2O3S/c1-2-22-12-13-25-17(20(22)24)14-19(23)21-16-10-6-7-11-18(16)26-15-8-4-3-5-9-15/h3-11,17H,2,12-14H2,1H3,(H,21,23). The summed E-state index contributed by atoms with van der Waals surface area (Å²) in [5, 5.41) is 2.92. The molecule has 1 N–H and O–H groups in total. The Morgan fingerprint density at radius 1 is 1.19 bits per heavy atom. The summed E-state index contributed by atoms with van der Waals surface area (Å²) in [6.45, 7) is 3.62. The zero-order valence-corrected chi connectivity index (χ0v) is 15.5. The van der Waals surface area contributed by atoms with Gasteiger partial charge in [0.15, 0.2) is 0 Å². The smallest absolute Gasteiger partial charge is 0.252 e. The van der Waals surface area contributed by atoms with Crippen molar-refractivity contribution in [3.05, 3.63) is 54.6 Å². The number of benzene rings is 2. The Labute approximate surface area is 157 Å². The van der Waals surface area contributed by atoms with Gasteiger partial charge in [-0.1, -0.05) is 42.1 Å². The van der Waals surface area contributed by atoms with Gasteiger partial charge in [-0.15, -0.1) is 0 Å². The van der Waals surface area contributed by atoms with Gasteiger partial charge in [-0.3, -0.25) is 9.59 Å². The van der Waals surface area contributed by atoms with Crippen LogP contribution in [0.25, 0.3) is 0 Å². The van der Waals surface area contributed by atoms with Crippen molar-refractivity contribution >= 4 is 29.3 Å². The molecule has 0 aromatic heterocycles. The number of nitrogens with zero attached hydrogens (tertiary/aromatic N) is 1. The van der Waals surface area contributed by atoms with Gasteiger partial charge in [0.2, 0.25) is 5.91 Å². The number of ether oxygens (including phenoxy) is 1. The molecule has 136 valence electrons. The van der Waals surface area contributed by atoms with Crippen LogP contribution in [-0.2, 0) is 14.3 Å². The molecule has 1 heterocycles. The second-order valence-corrected chi connectivity index (χ2v) is 7.06. The van der Waals surface area contributed by atoms with Gasteiger partial charge in [0, 0.05) is 22.9 Å². The maximum Gasteiger partial charge on any atom is 0.252 e. The largest absolute Gasteiger partial charge is 0.366 e. The lowest BCUT2D eigenvalue weighted by Crippen LogP contribution is -2.48. The highest BCUT2D eigenvalue weighted by Crippen LogP contribution is 2.33. The van der Waals surface area contributed by atoms with Crippen LogP contribution in [-0.4, -0.2) is 42.5 Å². The molecular formula is C20H22N2O3S. The van der Waals surface area contributed by atoms with Crippen LogP contribution in [0.15, 0.2) is 64.4 Å². The minimum atomic E-state index is -0.697. The average Bonchev–Trinajstić information content (AvgIpc) is 2.66. The molecular weight excluding hydrogens is 348 g/mol. The van der Waals surface area contributed by atoms with Gasteiger partial charge >= 0.3 is 0 Å². The second kappa shape index (κ2) is 8.87. The molecule has 1 aliphatic rings. The highest BCUT2D eigenvalue weighted by Gasteiger charge is 2.30. The molecule has 1 aliphatic heterocycles. The summed E-state index contributed by atoms with van der Waals surface area (Å²) < 4.78 is 5.50. The van der Waals surface area contributed by atoms with E-state index in [2.05, 4.69) is 5.32 Å². The fraction of sp³-hybridized carbons (Fsp3) is 0.300. The van der Waals surface area contributed by atoms with E-state index in [0.717, 1.165) is 15.5 Å². The lowest BCUT2D eigenvalue weighted by atomic mass is 10.1. The molecule has 0 radical (unpaired) electrons. The molecule has 26 heavy (non-hydrogen) atoms. The number of carbonyl (C=O) groups is 2. The van der Waals surface area contributed by atoms with Crippen molar-refractivity contribution in [3.63, 3.8) is 0 Å². The molecule has 2 aromatic rings. The number of hydrogen-bond donors (Lipinski definition) is 1. The molecule has 2 amide bonds. The minimum Gasteiger partial charge on any atom is -0.366 e. The Balaban J connectivity index is 1.65. The summed E-state index contributed by atoms with van der Waals surface area (Å²) in [5.41, 5.74) is 0.738. The summed E-state index contributed by atoms with van der Waals surface area (Å²) in [5.74, 6) is -0.330. The predicted molar refractivity (Wildman–Crippen MR) is 102 cm³/mol. The maximum absolute atomic E-state index is 12.5. The highest BCUT2D eigenvalue weighted by molar-refractivity contribution is 7.99. The molecule has 1 saturated heterocycles. The van der Waals surface area contributed by atoms with Crippen molar-refractivity contribution in [2.75, 3.05) is 25.0 Å². The topological polar surface area (TPSA) is 58.6 Å². The number of morpholine rings is 1. The molecule has 0 aliphatic carbocycles. The first-order valence-corrected chi connectivity index (χ1v) is 9.51. The van der Waals surface area contributed by atoms with Crippen LogP contribution < -0.4 is 5.32 Å². The Morgan fingerprint density at radius 2 is 1.92 bits per heavy atom. The van der Waals surface area contributed by atoms with Gasteiger partial charge in [-0.2, -0.15) is 0 Å². The second-order valence-electron chi connectivity index (χ2n) is 5.94. The van der Waals surface area contributed by atoms with E-state index in [1.165, 1.54) is 0 Å². The normalized spacial score (nSPS) is 17.2. The first-order valence-electron chi connectivity index (χ1n) is 8.69. The van der Waals surface area contributed by atoms with Crippen molar-refractivity contribution in [2.24, 2.45) is 0 Å². The minimum absolute atomic E-state index is 0.0275. The van der Waals surface area contributed by atoms with Crippen LogP contribution in [0.2, 0.25) is 0 Å². The van der Waals surface area contributed by atoms with Crippen molar-refractivity contribution < 1.29 is 14.3 Å². The number of carbonyl (C=O) groups excluding carboxylic acids is 2. The Morgan fingerprint density at radius 3 is 2.69 bits per heavy atom. The molecule has 1 unspecified atom stereocenters. The molecule has 0 bridgehead atoms. The number of anilines is 1. The molecule has 1 fully saturated rings. The zero-order chi connectivity index (χ0) is 18.4. The fourth-order valence-corrected chi connectivity index (χ4v) is 3.72. The van der Waals surface area contributed by atoms with Crippen LogP contribution in [0, 0.1) is 0 Å². The van der Waals surface area contributed by atoms with Crippen molar-refractivity contribution in [2.45, 2.75) is 29.2 Å². The highest BCUT2D eigenvalue weighted by atomic mass is 32.2. The van der Waals surface area contributed by atoms with Crippen LogP contribution >= 0.6 is 11.8 Å². The van der Waals surface area contributed by atoms with Gasteiger partial charge in [0.25, 0.3) is 5.91 Å². The monoisotopic (exact) mass is 370 g/mol. The number of likely N-dealkylation sites (N-methyl/N-ethyl adjacent to an activating group) is 1. The van der Waals surface area contributed by atoms with Crippen LogP contribution in [0.4, 0.5) is 5.69 Å². The van der Waals surface area contributed by atoms with E-state index in [1.807, 2.05) is 61.5 Å². The molecule has 6 heteroatoms. The van der Waals surface area contributed by atoms with E-state index in [9.17, 15) is 9.59 Å². The third-order valence-electron chi connectivity index (χ3n) is 4.15. The van der Waals surface area contributed by atoms with Crippen LogP contribution in [0.1, 0.15) is 13.3 Å². The number of rotatable bonds is 6. The van der Waals surface area contributed by atoms with E-state index in [0.29, 0.717) is 19.7 Å². The molecule has 2 aromatic carbocycles. The Hall–Kier alpha value is -2.31. The number of amides is 2. The lowest BCUT2D eigenvalue weighted by molar-refractivity contribution is -0.154. The van der Waals surface area contributed by atoms with Gasteiger partial charge in [-0.25, -0.2) is 0 Å². The third-order valence-corrected chi connectivity index (χ3v) is 5.24. The Bertz CT molecular complexity index is 767. The zero-order valence-electron chi connectivity index (χ0n) is 14.7. The van der Waals surface area contributed by atoms with Gasteiger partial charge in [0.05, 0.1) is 18.7 Å². The molecule has 0 saturated carbocycles. The quantitative estimate of drug-likeness (QED) is 0.847. The van der Waals surface area contributed by atoms with E-state index < -0.39 is 6.10 Å². The third kappa shape index (κ3) is 4.65. The SMILES string of the molecule is CCN1CCOC(CC(=O)Nc2ccccc2Sc2ccccc2)C1=O.